The highest BCUT2D eigenvalue weighted by Gasteiger charge is 2.32. The fraction of sp³-hybridized carbons (Fsp3) is 0.636. The Morgan fingerprint density at radius 1 is 1.60 bits per heavy atom. The summed E-state index contributed by atoms with van der Waals surface area (Å²) < 4.78 is 0. The first kappa shape index (κ1) is 11.8. The van der Waals surface area contributed by atoms with E-state index < -0.39 is 11.4 Å². The van der Waals surface area contributed by atoms with Crippen molar-refractivity contribution >= 4 is 5.97 Å². The molecular weight excluding hydrogens is 192 g/mol. The summed E-state index contributed by atoms with van der Waals surface area (Å²) in [7, 11) is 0. The molecule has 84 valence electrons. The van der Waals surface area contributed by atoms with E-state index in [1.165, 1.54) is 0 Å². The number of rotatable bonds is 4. The number of carboxylic acid groups (broad SMARTS) is 1. The van der Waals surface area contributed by atoms with Crippen LogP contribution in [-0.4, -0.2) is 21.0 Å². The van der Waals surface area contributed by atoms with E-state index in [0.29, 0.717) is 11.7 Å². The summed E-state index contributed by atoms with van der Waals surface area (Å²) in [6.45, 7) is 7.52. The monoisotopic (exact) mass is 210 g/mol. The third-order valence-electron chi connectivity index (χ3n) is 2.38. The number of nitrogens with one attached hydrogen (secondary N) is 1. The van der Waals surface area contributed by atoms with Gasteiger partial charge in [-0.15, -0.1) is 0 Å². The van der Waals surface area contributed by atoms with Crippen LogP contribution in [0.2, 0.25) is 0 Å². The minimum absolute atomic E-state index is 0.519. The molecular formula is C11H18N2O2. The Labute approximate surface area is 89.7 Å². The Hall–Kier alpha value is -1.32. The van der Waals surface area contributed by atoms with E-state index in [4.69, 9.17) is 5.11 Å². The number of imidazole rings is 1. The Morgan fingerprint density at radius 3 is 2.67 bits per heavy atom. The molecule has 0 saturated heterocycles. The lowest BCUT2D eigenvalue weighted by atomic mass is 9.93. The third kappa shape index (κ3) is 2.58. The minimum Gasteiger partial charge on any atom is -0.481 e. The molecule has 1 rings (SSSR count). The average molecular weight is 210 g/mol. The molecule has 1 heterocycles. The molecule has 0 unspecified atom stereocenters. The van der Waals surface area contributed by atoms with Gasteiger partial charge in [-0.1, -0.05) is 13.8 Å². The fourth-order valence-electron chi connectivity index (χ4n) is 1.32. The van der Waals surface area contributed by atoms with E-state index in [9.17, 15) is 4.79 Å². The lowest BCUT2D eigenvalue weighted by molar-refractivity contribution is -0.142. The van der Waals surface area contributed by atoms with Gasteiger partial charge in [0.15, 0.2) is 0 Å². The lowest BCUT2D eigenvalue weighted by Gasteiger charge is -2.15. The Bertz CT molecular complexity index is 353. The van der Waals surface area contributed by atoms with Gasteiger partial charge in [0.05, 0.1) is 0 Å². The summed E-state index contributed by atoms with van der Waals surface area (Å²) in [6, 6.07) is 0. The highest BCUT2D eigenvalue weighted by molar-refractivity contribution is 5.78. The predicted molar refractivity (Wildman–Crippen MR) is 57.8 cm³/mol. The van der Waals surface area contributed by atoms with E-state index in [0.717, 1.165) is 12.1 Å². The maximum absolute atomic E-state index is 11.0. The maximum atomic E-state index is 11.0. The number of H-pyrrole nitrogens is 1. The Morgan fingerprint density at radius 2 is 2.20 bits per heavy atom. The van der Waals surface area contributed by atoms with Crippen molar-refractivity contribution in [3.8, 4) is 0 Å². The van der Waals surface area contributed by atoms with Gasteiger partial charge in [0.2, 0.25) is 0 Å². The summed E-state index contributed by atoms with van der Waals surface area (Å²) in [4.78, 5) is 18.2. The largest absolute Gasteiger partial charge is 0.481 e. The van der Waals surface area contributed by atoms with Gasteiger partial charge in [-0.3, -0.25) is 4.79 Å². The fourth-order valence-corrected chi connectivity index (χ4v) is 1.32. The zero-order chi connectivity index (χ0) is 11.6. The van der Waals surface area contributed by atoms with Crippen LogP contribution in [0.25, 0.3) is 0 Å². The topological polar surface area (TPSA) is 66.0 Å². The number of nitrogens with zero attached hydrogens (tertiary/aromatic N) is 1. The molecule has 0 aliphatic rings. The first-order valence-corrected chi connectivity index (χ1v) is 5.11. The minimum atomic E-state index is -0.949. The van der Waals surface area contributed by atoms with Crippen molar-refractivity contribution in [3.05, 3.63) is 17.7 Å². The normalized spacial score (nSPS) is 12.1. The second kappa shape index (κ2) is 4.04. The zero-order valence-electron chi connectivity index (χ0n) is 9.66. The predicted octanol–water partition coefficient (Wildman–Crippen LogP) is 1.97. The first-order valence-electron chi connectivity index (χ1n) is 5.11. The number of aromatic amines is 1. The molecule has 15 heavy (non-hydrogen) atoms. The molecule has 0 saturated carbocycles. The molecule has 0 aliphatic heterocycles. The van der Waals surface area contributed by atoms with Crippen molar-refractivity contribution in [1.29, 1.82) is 0 Å². The molecule has 0 aromatic carbocycles. The van der Waals surface area contributed by atoms with Gasteiger partial charge < -0.3 is 10.1 Å². The van der Waals surface area contributed by atoms with Crippen molar-refractivity contribution < 1.29 is 9.90 Å². The standard InChI is InChI=1S/C11H18N2O2/c1-7(2)5-8-6-12-9(13-8)11(3,4)10(14)15/h6-7H,5H2,1-4H3,(H,12,13)(H,14,15). The van der Waals surface area contributed by atoms with Crippen LogP contribution in [0.1, 0.15) is 39.2 Å². The van der Waals surface area contributed by atoms with Crippen molar-refractivity contribution in [2.75, 3.05) is 0 Å². The number of hydrogen-bond acceptors (Lipinski definition) is 2. The van der Waals surface area contributed by atoms with Crippen molar-refractivity contribution in [1.82, 2.24) is 9.97 Å². The molecule has 0 amide bonds. The molecule has 2 N–H and O–H groups in total. The highest BCUT2D eigenvalue weighted by Crippen LogP contribution is 2.20. The second-order valence-electron chi connectivity index (χ2n) is 4.79. The van der Waals surface area contributed by atoms with E-state index in [2.05, 4.69) is 23.8 Å². The molecule has 0 spiro atoms. The summed E-state index contributed by atoms with van der Waals surface area (Å²) in [5.41, 5.74) is 0.0456. The molecule has 1 aromatic heterocycles. The summed E-state index contributed by atoms with van der Waals surface area (Å²) >= 11 is 0. The van der Waals surface area contributed by atoms with Crippen molar-refractivity contribution in [2.45, 2.75) is 39.5 Å². The van der Waals surface area contributed by atoms with Crippen molar-refractivity contribution in [2.24, 2.45) is 5.92 Å². The molecule has 0 atom stereocenters. The highest BCUT2D eigenvalue weighted by atomic mass is 16.4. The molecule has 0 aliphatic carbocycles. The number of carbonyl (C=O) groups is 1. The van der Waals surface area contributed by atoms with Gasteiger partial charge in [0.1, 0.15) is 11.2 Å². The van der Waals surface area contributed by atoms with Crippen LogP contribution < -0.4 is 0 Å². The van der Waals surface area contributed by atoms with E-state index in [-0.39, 0.29) is 0 Å². The number of hydrogen-bond donors (Lipinski definition) is 2. The molecule has 0 radical (unpaired) electrons. The van der Waals surface area contributed by atoms with Crippen LogP contribution in [0.5, 0.6) is 0 Å². The summed E-state index contributed by atoms with van der Waals surface area (Å²) in [6.07, 6.45) is 2.61. The molecule has 4 nitrogen and oxygen atoms in total. The van der Waals surface area contributed by atoms with Gasteiger partial charge in [-0.25, -0.2) is 4.98 Å². The number of carboxylic acids is 1. The van der Waals surface area contributed by atoms with Crippen molar-refractivity contribution in [3.63, 3.8) is 0 Å². The van der Waals surface area contributed by atoms with Crippen LogP contribution in [0, 0.1) is 5.92 Å². The van der Waals surface area contributed by atoms with Gasteiger partial charge in [-0.05, 0) is 26.2 Å². The smallest absolute Gasteiger partial charge is 0.316 e. The van der Waals surface area contributed by atoms with Gasteiger partial charge >= 0.3 is 5.97 Å². The van der Waals surface area contributed by atoms with E-state index in [1.807, 2.05) is 0 Å². The van der Waals surface area contributed by atoms with Gasteiger partial charge in [0, 0.05) is 11.9 Å². The zero-order valence-corrected chi connectivity index (χ0v) is 9.66. The quantitative estimate of drug-likeness (QED) is 0.798. The molecule has 0 fully saturated rings. The summed E-state index contributed by atoms with van der Waals surface area (Å²) in [5, 5.41) is 9.03. The first-order chi connectivity index (χ1) is 6.84. The molecule has 4 heteroatoms. The number of aromatic nitrogens is 2. The van der Waals surface area contributed by atoms with Crippen LogP contribution >= 0.6 is 0 Å². The maximum Gasteiger partial charge on any atom is 0.316 e. The van der Waals surface area contributed by atoms with Gasteiger partial charge in [0.25, 0.3) is 0 Å². The van der Waals surface area contributed by atoms with E-state index in [1.54, 1.807) is 20.0 Å². The molecule has 0 bridgehead atoms. The SMILES string of the molecule is CC(C)Cc1cnc(C(C)(C)C(=O)O)[nH]1. The van der Waals surface area contributed by atoms with Crippen LogP contribution in [0.15, 0.2) is 6.20 Å². The third-order valence-corrected chi connectivity index (χ3v) is 2.38. The van der Waals surface area contributed by atoms with E-state index >= 15 is 0 Å². The van der Waals surface area contributed by atoms with Crippen LogP contribution in [0.4, 0.5) is 0 Å². The van der Waals surface area contributed by atoms with Crippen LogP contribution in [0.3, 0.4) is 0 Å². The lowest BCUT2D eigenvalue weighted by Crippen LogP contribution is -2.29. The Kier molecular flexibility index (Phi) is 3.17. The Balaban J connectivity index is 2.89. The average Bonchev–Trinajstić information content (AvgIpc) is 2.51. The van der Waals surface area contributed by atoms with Crippen LogP contribution in [-0.2, 0) is 16.6 Å². The molecule has 1 aromatic rings. The number of aliphatic carboxylic acids is 1. The summed E-state index contributed by atoms with van der Waals surface area (Å²) in [5.74, 6) is 0.185. The second-order valence-corrected chi connectivity index (χ2v) is 4.79. The van der Waals surface area contributed by atoms with Gasteiger partial charge in [-0.2, -0.15) is 0 Å².